The monoisotopic (exact) mass is 494 g/mol. The van der Waals surface area contributed by atoms with Crippen LogP contribution in [-0.2, 0) is 10.9 Å². The molecule has 4 aromatic rings. The van der Waals surface area contributed by atoms with Crippen LogP contribution >= 0.6 is 0 Å². The van der Waals surface area contributed by atoms with Crippen LogP contribution in [0.1, 0.15) is 15.9 Å². The molecule has 0 unspecified atom stereocenters. The van der Waals surface area contributed by atoms with Gasteiger partial charge >= 0.3 is 6.18 Å². The number of hydrogen-bond acceptors (Lipinski definition) is 6. The Balaban J connectivity index is 1.57. The summed E-state index contributed by atoms with van der Waals surface area (Å²) in [5.41, 5.74) is 2.22. The summed E-state index contributed by atoms with van der Waals surface area (Å²) in [5, 5.41) is 0.622. The first kappa shape index (κ1) is 23.7. The van der Waals surface area contributed by atoms with Crippen molar-refractivity contribution in [2.45, 2.75) is 6.18 Å². The molecule has 36 heavy (non-hydrogen) atoms. The van der Waals surface area contributed by atoms with Crippen LogP contribution < -0.4 is 4.74 Å². The van der Waals surface area contributed by atoms with Crippen molar-refractivity contribution < 1.29 is 27.4 Å². The van der Waals surface area contributed by atoms with Gasteiger partial charge in [0.05, 0.1) is 42.7 Å². The fraction of sp³-hybridized carbons (Fsp3) is 0.231. The zero-order chi connectivity index (χ0) is 25.3. The minimum atomic E-state index is -4.56. The van der Waals surface area contributed by atoms with Crippen molar-refractivity contribution in [1.29, 1.82) is 0 Å². The molecule has 2 aromatic carbocycles. The van der Waals surface area contributed by atoms with Crippen molar-refractivity contribution in [3.05, 3.63) is 72.3 Å². The van der Waals surface area contributed by atoms with Gasteiger partial charge in [-0.15, -0.1) is 0 Å². The smallest absolute Gasteiger partial charge is 0.419 e. The lowest BCUT2D eigenvalue weighted by molar-refractivity contribution is -0.138. The first-order valence-corrected chi connectivity index (χ1v) is 11.2. The second-order valence-corrected chi connectivity index (χ2v) is 8.23. The lowest BCUT2D eigenvalue weighted by atomic mass is 9.98. The molecule has 184 valence electrons. The number of aromatic nitrogens is 3. The average Bonchev–Trinajstić information content (AvgIpc) is 2.91. The summed E-state index contributed by atoms with van der Waals surface area (Å²) < 4.78 is 50.9. The van der Waals surface area contributed by atoms with Crippen LogP contribution in [-0.4, -0.2) is 59.2 Å². The Morgan fingerprint density at radius 2 is 1.72 bits per heavy atom. The lowest BCUT2D eigenvalue weighted by Gasteiger charge is -2.26. The minimum absolute atomic E-state index is 0.149. The molecule has 2 aromatic heterocycles. The Morgan fingerprint density at radius 1 is 0.972 bits per heavy atom. The van der Waals surface area contributed by atoms with Crippen LogP contribution in [0.25, 0.3) is 33.3 Å². The van der Waals surface area contributed by atoms with E-state index in [1.54, 1.807) is 41.4 Å². The molecule has 7 nitrogen and oxygen atoms in total. The van der Waals surface area contributed by atoms with E-state index in [4.69, 9.17) is 9.47 Å². The number of nitrogens with zero attached hydrogens (tertiary/aromatic N) is 4. The minimum Gasteiger partial charge on any atom is -0.496 e. The van der Waals surface area contributed by atoms with Crippen LogP contribution in [0.3, 0.4) is 0 Å². The third-order valence-electron chi connectivity index (χ3n) is 6.03. The lowest BCUT2D eigenvalue weighted by Crippen LogP contribution is -2.40. The Bertz CT molecular complexity index is 1440. The first-order chi connectivity index (χ1) is 17.3. The maximum absolute atomic E-state index is 13.6. The van der Waals surface area contributed by atoms with Gasteiger partial charge in [0, 0.05) is 36.4 Å². The van der Waals surface area contributed by atoms with E-state index in [1.165, 1.54) is 25.7 Å². The molecule has 1 aliphatic rings. The highest BCUT2D eigenvalue weighted by Crippen LogP contribution is 2.39. The Kier molecular flexibility index (Phi) is 6.27. The standard InChI is InChI=1S/C26H21F3N4O3/c1-35-23-5-3-17(12-21(23)26(27,28)29)16-2-4-22-20(11-16)24(32-15-31-22)18-10-19(14-30-13-18)25(34)33-6-8-36-9-7-33/h2-5,10-15H,6-9H2,1H3. The van der Waals surface area contributed by atoms with Gasteiger partial charge in [0.15, 0.2) is 0 Å². The van der Waals surface area contributed by atoms with Gasteiger partial charge in [0.2, 0.25) is 0 Å². The number of pyridine rings is 1. The Hall–Kier alpha value is -4.05. The van der Waals surface area contributed by atoms with Crippen LogP contribution in [0.15, 0.2) is 61.2 Å². The normalized spacial score (nSPS) is 14.2. The van der Waals surface area contributed by atoms with E-state index in [0.717, 1.165) is 6.07 Å². The van der Waals surface area contributed by atoms with E-state index < -0.39 is 11.7 Å². The summed E-state index contributed by atoms with van der Waals surface area (Å²) in [4.78, 5) is 27.6. The van der Waals surface area contributed by atoms with Crippen molar-refractivity contribution in [3.63, 3.8) is 0 Å². The maximum Gasteiger partial charge on any atom is 0.419 e. The van der Waals surface area contributed by atoms with Gasteiger partial charge in [0.1, 0.15) is 12.1 Å². The number of rotatable bonds is 4. The van der Waals surface area contributed by atoms with Gasteiger partial charge in [-0.2, -0.15) is 13.2 Å². The van der Waals surface area contributed by atoms with Crippen LogP contribution in [0.5, 0.6) is 5.75 Å². The molecule has 0 atom stereocenters. The molecule has 0 N–H and O–H groups in total. The fourth-order valence-corrected chi connectivity index (χ4v) is 4.21. The second kappa shape index (κ2) is 9.54. The van der Waals surface area contributed by atoms with Crippen molar-refractivity contribution >= 4 is 16.8 Å². The van der Waals surface area contributed by atoms with Gasteiger partial charge < -0.3 is 14.4 Å². The van der Waals surface area contributed by atoms with Gasteiger partial charge in [-0.1, -0.05) is 12.1 Å². The van der Waals surface area contributed by atoms with Crippen molar-refractivity contribution in [2.75, 3.05) is 33.4 Å². The number of carbonyl (C=O) groups is 1. The summed E-state index contributed by atoms with van der Waals surface area (Å²) in [6, 6.07) is 10.8. The van der Waals surface area contributed by atoms with E-state index >= 15 is 0 Å². The highest BCUT2D eigenvalue weighted by Gasteiger charge is 2.34. The number of halogens is 3. The molecule has 0 bridgehead atoms. The second-order valence-electron chi connectivity index (χ2n) is 8.23. The van der Waals surface area contributed by atoms with Crippen molar-refractivity contribution in [3.8, 4) is 28.1 Å². The number of fused-ring (bicyclic) bond motifs is 1. The fourth-order valence-electron chi connectivity index (χ4n) is 4.21. The molecule has 1 saturated heterocycles. The first-order valence-electron chi connectivity index (χ1n) is 11.2. The van der Waals surface area contributed by atoms with Crippen LogP contribution in [0.2, 0.25) is 0 Å². The number of amides is 1. The predicted octanol–water partition coefficient (Wildman–Crippen LogP) is 4.86. The molecule has 0 aliphatic carbocycles. The largest absolute Gasteiger partial charge is 0.496 e. The zero-order valence-electron chi connectivity index (χ0n) is 19.2. The third kappa shape index (κ3) is 4.59. The van der Waals surface area contributed by atoms with E-state index in [0.29, 0.717) is 65.2 Å². The van der Waals surface area contributed by atoms with Crippen LogP contribution in [0.4, 0.5) is 13.2 Å². The van der Waals surface area contributed by atoms with Crippen LogP contribution in [0, 0.1) is 0 Å². The molecule has 10 heteroatoms. The number of carbonyl (C=O) groups excluding carboxylic acids is 1. The SMILES string of the molecule is COc1ccc(-c2ccc3ncnc(-c4cncc(C(=O)N5CCOCC5)c4)c3c2)cc1C(F)(F)F. The number of alkyl halides is 3. The van der Waals surface area contributed by atoms with E-state index in [-0.39, 0.29) is 11.7 Å². The number of morpholine rings is 1. The number of ether oxygens (including phenoxy) is 2. The zero-order valence-corrected chi connectivity index (χ0v) is 19.2. The summed E-state index contributed by atoms with van der Waals surface area (Å²) in [5.74, 6) is -0.395. The summed E-state index contributed by atoms with van der Waals surface area (Å²) in [6.07, 6.45) is -0.0552. The quantitative estimate of drug-likeness (QED) is 0.403. The average molecular weight is 494 g/mol. The predicted molar refractivity (Wildman–Crippen MR) is 126 cm³/mol. The number of methoxy groups -OCH3 is 1. The summed E-state index contributed by atoms with van der Waals surface area (Å²) >= 11 is 0. The summed E-state index contributed by atoms with van der Waals surface area (Å²) in [6.45, 7) is 1.98. The maximum atomic E-state index is 13.6. The summed E-state index contributed by atoms with van der Waals surface area (Å²) in [7, 11) is 1.20. The molecule has 0 radical (unpaired) electrons. The topological polar surface area (TPSA) is 77.4 Å². The highest BCUT2D eigenvalue weighted by atomic mass is 19.4. The van der Waals surface area contributed by atoms with E-state index in [2.05, 4.69) is 15.0 Å². The molecular formula is C26H21F3N4O3. The molecule has 1 aliphatic heterocycles. The molecule has 1 fully saturated rings. The van der Waals surface area contributed by atoms with E-state index in [1.807, 2.05) is 0 Å². The van der Waals surface area contributed by atoms with Crippen molar-refractivity contribution in [2.24, 2.45) is 0 Å². The third-order valence-corrected chi connectivity index (χ3v) is 6.03. The molecule has 1 amide bonds. The van der Waals surface area contributed by atoms with Gasteiger partial charge in [-0.25, -0.2) is 9.97 Å². The number of benzene rings is 2. The van der Waals surface area contributed by atoms with Gasteiger partial charge in [-0.3, -0.25) is 9.78 Å². The molecular weight excluding hydrogens is 473 g/mol. The molecule has 3 heterocycles. The van der Waals surface area contributed by atoms with Crippen molar-refractivity contribution in [1.82, 2.24) is 19.9 Å². The Morgan fingerprint density at radius 3 is 2.47 bits per heavy atom. The highest BCUT2D eigenvalue weighted by molar-refractivity contribution is 5.98. The molecule has 0 saturated carbocycles. The molecule has 5 rings (SSSR count). The van der Waals surface area contributed by atoms with Gasteiger partial charge in [0.25, 0.3) is 5.91 Å². The van der Waals surface area contributed by atoms with E-state index in [9.17, 15) is 18.0 Å². The molecule has 0 spiro atoms. The number of hydrogen-bond donors (Lipinski definition) is 0. The van der Waals surface area contributed by atoms with Gasteiger partial charge in [-0.05, 0) is 41.5 Å². The Labute approximate surface area is 204 Å².